The molecular weight excluding hydrogens is 523 g/mol. The van der Waals surface area contributed by atoms with E-state index in [4.69, 9.17) is 4.74 Å². The highest BCUT2D eigenvalue weighted by molar-refractivity contribution is 7.85. The molecule has 1 spiro atoms. The zero-order chi connectivity index (χ0) is 27.2. The van der Waals surface area contributed by atoms with E-state index in [1.165, 1.54) is 17.0 Å². The molecule has 9 nitrogen and oxygen atoms in total. The van der Waals surface area contributed by atoms with Crippen LogP contribution in [0.5, 0.6) is 5.75 Å². The summed E-state index contributed by atoms with van der Waals surface area (Å²) in [5, 5.41) is 10.4. The van der Waals surface area contributed by atoms with Crippen molar-refractivity contribution in [3.05, 3.63) is 64.5 Å². The van der Waals surface area contributed by atoms with Gasteiger partial charge in [0.25, 0.3) is 5.91 Å². The van der Waals surface area contributed by atoms with Gasteiger partial charge in [-0.1, -0.05) is 12.1 Å². The Morgan fingerprint density at radius 2 is 2.08 bits per heavy atom. The van der Waals surface area contributed by atoms with Gasteiger partial charge >= 0.3 is 6.18 Å². The number of hydrogen-bond donors (Lipinski definition) is 2. The fraction of sp³-hybridized carbons (Fsp3) is 0.360. The van der Waals surface area contributed by atoms with Crippen LogP contribution in [-0.4, -0.2) is 55.6 Å². The van der Waals surface area contributed by atoms with E-state index in [1.54, 1.807) is 24.4 Å². The van der Waals surface area contributed by atoms with Crippen molar-refractivity contribution in [2.75, 3.05) is 23.9 Å². The highest BCUT2D eigenvalue weighted by atomic mass is 32.2. The van der Waals surface area contributed by atoms with E-state index in [-0.39, 0.29) is 22.9 Å². The number of amides is 2. The van der Waals surface area contributed by atoms with Gasteiger partial charge < -0.3 is 15.4 Å². The minimum atomic E-state index is -4.45. The van der Waals surface area contributed by atoms with Crippen LogP contribution in [0.2, 0.25) is 0 Å². The van der Waals surface area contributed by atoms with E-state index >= 15 is 0 Å². The number of pyridine rings is 1. The van der Waals surface area contributed by atoms with Crippen molar-refractivity contribution in [1.29, 1.82) is 0 Å². The summed E-state index contributed by atoms with van der Waals surface area (Å²) < 4.78 is 55.6. The Hall–Kier alpha value is -3.74. The minimum Gasteiger partial charge on any atom is -0.484 e. The van der Waals surface area contributed by atoms with Crippen LogP contribution in [-0.2, 0) is 34.0 Å². The first-order valence-corrected chi connectivity index (χ1v) is 13.5. The summed E-state index contributed by atoms with van der Waals surface area (Å²) in [5.74, 6) is -0.616. The number of carbonyl (C=O) groups is 2. The molecule has 2 atom stereocenters. The number of aryl methyl sites for hydroxylation is 2. The molecule has 2 amide bonds. The van der Waals surface area contributed by atoms with Crippen LogP contribution in [0.25, 0.3) is 5.82 Å². The second-order valence-corrected chi connectivity index (χ2v) is 10.9. The Balaban J connectivity index is 1.51. The quantitative estimate of drug-likeness (QED) is 0.491. The van der Waals surface area contributed by atoms with Crippen molar-refractivity contribution in [3.63, 3.8) is 0 Å². The number of halogens is 3. The molecule has 2 N–H and O–H groups in total. The lowest BCUT2D eigenvalue weighted by molar-refractivity contribution is -0.153. The predicted octanol–water partition coefficient (Wildman–Crippen LogP) is 2.96. The lowest BCUT2D eigenvalue weighted by Crippen LogP contribution is -2.49. The SMILES string of the molecule is Cc1ccc(-n2nc3c(c2NC(=O)CS(C)=O)C(=O)N[C@@]2(CCc4cc(OCC(F)(F)F)ccc42)C3)nc1. The second kappa shape index (κ2) is 9.53. The third-order valence-electron chi connectivity index (χ3n) is 6.53. The van der Waals surface area contributed by atoms with Gasteiger partial charge in [-0.25, -0.2) is 4.98 Å². The summed E-state index contributed by atoms with van der Waals surface area (Å²) >= 11 is 0. The second-order valence-electron chi connectivity index (χ2n) is 9.48. The predicted molar refractivity (Wildman–Crippen MR) is 133 cm³/mol. The molecule has 2 aliphatic rings. The van der Waals surface area contributed by atoms with Crippen molar-refractivity contribution >= 4 is 28.4 Å². The molecule has 13 heteroatoms. The van der Waals surface area contributed by atoms with Gasteiger partial charge in [0.15, 0.2) is 18.2 Å². The fourth-order valence-electron chi connectivity index (χ4n) is 4.95. The number of alkyl halides is 3. The van der Waals surface area contributed by atoms with Gasteiger partial charge in [-0.15, -0.1) is 0 Å². The molecular formula is C25H24F3N5O4S. The zero-order valence-corrected chi connectivity index (χ0v) is 21.3. The molecule has 0 saturated heterocycles. The number of anilines is 1. The smallest absolute Gasteiger partial charge is 0.422 e. The largest absolute Gasteiger partial charge is 0.484 e. The van der Waals surface area contributed by atoms with E-state index in [1.807, 2.05) is 13.0 Å². The van der Waals surface area contributed by atoms with Gasteiger partial charge in [0.05, 0.1) is 11.2 Å². The number of nitrogens with one attached hydrogen (secondary N) is 2. The minimum absolute atomic E-state index is 0.106. The number of nitrogens with zero attached hydrogens (tertiary/aromatic N) is 3. The van der Waals surface area contributed by atoms with Gasteiger partial charge in [0, 0.05) is 29.7 Å². The standard InChI is InChI=1S/C25H24F3N5O4S/c1-14-3-6-19(29-11-14)33-22(30-20(34)12-38(2)36)21-18(32-33)10-24(31-23(21)35)8-7-15-9-16(4-5-17(15)24)37-13-25(26,27)28/h3-6,9,11H,7-8,10,12-13H2,1-2H3,(H,30,34)(H,31,35)/t24-,38?/m0/s1. The highest BCUT2D eigenvalue weighted by Crippen LogP contribution is 2.44. The number of aromatic nitrogens is 3. The van der Waals surface area contributed by atoms with E-state index < -0.39 is 40.9 Å². The van der Waals surface area contributed by atoms with Crippen LogP contribution in [0.3, 0.4) is 0 Å². The van der Waals surface area contributed by atoms with E-state index in [2.05, 4.69) is 20.7 Å². The third kappa shape index (κ3) is 5.02. The van der Waals surface area contributed by atoms with Crippen molar-refractivity contribution in [1.82, 2.24) is 20.1 Å². The van der Waals surface area contributed by atoms with Crippen molar-refractivity contribution in [2.45, 2.75) is 37.9 Å². The molecule has 1 aliphatic heterocycles. The molecule has 3 heterocycles. The maximum absolute atomic E-state index is 13.5. The Labute approximate surface area is 218 Å². The van der Waals surface area contributed by atoms with E-state index in [9.17, 15) is 27.0 Å². The Bertz CT molecular complexity index is 1450. The van der Waals surface area contributed by atoms with Crippen LogP contribution < -0.4 is 15.4 Å². The number of benzene rings is 1. The van der Waals surface area contributed by atoms with Gasteiger partial charge in [0.2, 0.25) is 5.91 Å². The first kappa shape index (κ1) is 25.9. The Morgan fingerprint density at radius 3 is 2.76 bits per heavy atom. The Morgan fingerprint density at radius 1 is 1.29 bits per heavy atom. The summed E-state index contributed by atoms with van der Waals surface area (Å²) in [6, 6.07) is 8.25. The van der Waals surface area contributed by atoms with Crippen molar-refractivity contribution in [3.8, 4) is 11.6 Å². The maximum Gasteiger partial charge on any atom is 0.422 e. The van der Waals surface area contributed by atoms with Gasteiger partial charge in [-0.3, -0.25) is 13.8 Å². The number of ether oxygens (including phenoxy) is 1. The fourth-order valence-corrected chi connectivity index (χ4v) is 5.39. The van der Waals surface area contributed by atoms with Gasteiger partial charge in [-0.2, -0.15) is 23.0 Å². The molecule has 1 aromatic carbocycles. The normalized spacial score (nSPS) is 19.0. The van der Waals surface area contributed by atoms with Crippen LogP contribution in [0.1, 0.15) is 39.2 Å². The van der Waals surface area contributed by atoms with E-state index in [0.29, 0.717) is 30.8 Å². The Kier molecular flexibility index (Phi) is 6.49. The molecule has 1 unspecified atom stereocenters. The van der Waals surface area contributed by atoms with Crippen LogP contribution >= 0.6 is 0 Å². The summed E-state index contributed by atoms with van der Waals surface area (Å²) in [4.78, 5) is 30.4. The number of carbonyl (C=O) groups excluding carboxylic acids is 2. The highest BCUT2D eigenvalue weighted by Gasteiger charge is 2.47. The summed E-state index contributed by atoms with van der Waals surface area (Å²) in [5.41, 5.74) is 2.29. The number of hydrogen-bond acceptors (Lipinski definition) is 6. The molecule has 200 valence electrons. The summed E-state index contributed by atoms with van der Waals surface area (Å²) in [7, 11) is -1.39. The lowest BCUT2D eigenvalue weighted by atomic mass is 9.82. The van der Waals surface area contributed by atoms with Gasteiger partial charge in [-0.05, 0) is 54.7 Å². The summed E-state index contributed by atoms with van der Waals surface area (Å²) in [6.07, 6.45) is -0.0657. The number of rotatable bonds is 6. The molecule has 0 fully saturated rings. The first-order chi connectivity index (χ1) is 17.9. The summed E-state index contributed by atoms with van der Waals surface area (Å²) in [6.45, 7) is 0.486. The average Bonchev–Trinajstić information content (AvgIpc) is 3.35. The topological polar surface area (TPSA) is 115 Å². The molecule has 1 aliphatic carbocycles. The molecule has 0 radical (unpaired) electrons. The zero-order valence-electron chi connectivity index (χ0n) is 20.5. The van der Waals surface area contributed by atoms with Crippen LogP contribution in [0.15, 0.2) is 36.5 Å². The lowest BCUT2D eigenvalue weighted by Gasteiger charge is -2.35. The maximum atomic E-state index is 13.5. The molecule has 0 saturated carbocycles. The van der Waals surface area contributed by atoms with Gasteiger partial charge in [0.1, 0.15) is 17.1 Å². The molecule has 3 aromatic rings. The van der Waals surface area contributed by atoms with Crippen LogP contribution in [0.4, 0.5) is 19.0 Å². The number of fused-ring (bicyclic) bond motifs is 3. The molecule has 0 bridgehead atoms. The van der Waals surface area contributed by atoms with Crippen LogP contribution in [0, 0.1) is 6.92 Å². The first-order valence-electron chi connectivity index (χ1n) is 11.7. The average molecular weight is 548 g/mol. The monoisotopic (exact) mass is 547 g/mol. The van der Waals surface area contributed by atoms with Crippen molar-refractivity contribution < 1.29 is 31.7 Å². The van der Waals surface area contributed by atoms with Crippen molar-refractivity contribution in [2.24, 2.45) is 0 Å². The molecule has 2 aromatic heterocycles. The third-order valence-corrected chi connectivity index (χ3v) is 7.20. The molecule has 5 rings (SSSR count). The molecule has 38 heavy (non-hydrogen) atoms. The van der Waals surface area contributed by atoms with E-state index in [0.717, 1.165) is 16.7 Å².